The zero-order valence-electron chi connectivity index (χ0n) is 11.7. The van der Waals surface area contributed by atoms with Crippen molar-refractivity contribution >= 4 is 15.9 Å². The molecule has 6 heteroatoms. The lowest BCUT2D eigenvalue weighted by atomic mass is 10.2. The Kier molecular flexibility index (Phi) is 4.13. The molecule has 0 atom stereocenters. The molecular weight excluding hydrogens is 262 g/mol. The highest BCUT2D eigenvalue weighted by molar-refractivity contribution is 7.86. The smallest absolute Gasteiger partial charge is 0.281 e. The topological polar surface area (TPSA) is 43.9 Å². The van der Waals surface area contributed by atoms with Gasteiger partial charge >= 0.3 is 0 Å². The van der Waals surface area contributed by atoms with Crippen LogP contribution in [0.3, 0.4) is 0 Å². The van der Waals surface area contributed by atoms with Crippen LogP contribution in [0.15, 0.2) is 24.3 Å². The molecule has 1 heterocycles. The molecule has 0 spiro atoms. The van der Waals surface area contributed by atoms with E-state index in [1.54, 1.807) is 14.1 Å². The second-order valence-electron chi connectivity index (χ2n) is 5.01. The molecule has 0 bridgehead atoms. The minimum absolute atomic E-state index is 0.536. The summed E-state index contributed by atoms with van der Waals surface area (Å²) in [6, 6.07) is 8.34. The lowest BCUT2D eigenvalue weighted by Gasteiger charge is -2.36. The van der Waals surface area contributed by atoms with Gasteiger partial charge in [0.25, 0.3) is 10.2 Å². The van der Waals surface area contributed by atoms with Gasteiger partial charge in [-0.25, -0.2) is 0 Å². The van der Waals surface area contributed by atoms with Crippen molar-refractivity contribution in [3.05, 3.63) is 29.8 Å². The van der Waals surface area contributed by atoms with Gasteiger partial charge in [0.15, 0.2) is 0 Å². The predicted molar refractivity (Wildman–Crippen MR) is 77.6 cm³/mol. The molecule has 0 aliphatic carbocycles. The number of anilines is 1. The summed E-state index contributed by atoms with van der Waals surface area (Å²) in [5.41, 5.74) is 2.39. The molecule has 0 aromatic heterocycles. The number of aryl methyl sites for hydroxylation is 1. The Bertz CT molecular complexity index is 517. The average molecular weight is 283 g/mol. The first-order valence-electron chi connectivity index (χ1n) is 6.40. The van der Waals surface area contributed by atoms with Gasteiger partial charge in [0.2, 0.25) is 0 Å². The van der Waals surface area contributed by atoms with Crippen molar-refractivity contribution in [2.24, 2.45) is 0 Å². The fraction of sp³-hybridized carbons (Fsp3) is 0.538. The lowest BCUT2D eigenvalue weighted by molar-refractivity contribution is 0.355. The summed E-state index contributed by atoms with van der Waals surface area (Å²) in [4.78, 5) is 2.22. The number of hydrogen-bond donors (Lipinski definition) is 0. The number of hydrogen-bond acceptors (Lipinski definition) is 3. The highest BCUT2D eigenvalue weighted by Crippen LogP contribution is 2.18. The number of rotatable bonds is 3. The third-order valence-electron chi connectivity index (χ3n) is 3.43. The molecule has 2 rings (SSSR count). The van der Waals surface area contributed by atoms with Gasteiger partial charge in [0.05, 0.1) is 0 Å². The van der Waals surface area contributed by atoms with Gasteiger partial charge in [-0.2, -0.15) is 17.0 Å². The van der Waals surface area contributed by atoms with Gasteiger partial charge in [-0.1, -0.05) is 17.7 Å². The Morgan fingerprint density at radius 2 is 1.53 bits per heavy atom. The molecule has 1 saturated heterocycles. The van der Waals surface area contributed by atoms with Crippen LogP contribution in [0.4, 0.5) is 5.69 Å². The maximum absolute atomic E-state index is 12.0. The molecule has 1 aliphatic heterocycles. The summed E-state index contributed by atoms with van der Waals surface area (Å²) in [6.07, 6.45) is 0. The van der Waals surface area contributed by atoms with Gasteiger partial charge in [0, 0.05) is 46.0 Å². The minimum Gasteiger partial charge on any atom is -0.369 e. The van der Waals surface area contributed by atoms with E-state index in [-0.39, 0.29) is 0 Å². The van der Waals surface area contributed by atoms with E-state index in [1.807, 2.05) is 0 Å². The Morgan fingerprint density at radius 3 is 2.00 bits per heavy atom. The summed E-state index contributed by atoms with van der Waals surface area (Å²) >= 11 is 0. The molecule has 106 valence electrons. The van der Waals surface area contributed by atoms with Gasteiger partial charge in [-0.15, -0.1) is 0 Å². The van der Waals surface area contributed by atoms with Gasteiger partial charge < -0.3 is 4.90 Å². The van der Waals surface area contributed by atoms with Crippen molar-refractivity contribution in [1.82, 2.24) is 8.61 Å². The van der Waals surface area contributed by atoms with Crippen LogP contribution in [0.1, 0.15) is 5.56 Å². The fourth-order valence-corrected chi connectivity index (χ4v) is 3.25. The summed E-state index contributed by atoms with van der Waals surface area (Å²) in [5.74, 6) is 0. The van der Waals surface area contributed by atoms with Crippen LogP contribution >= 0.6 is 0 Å². The monoisotopic (exact) mass is 283 g/mol. The van der Waals surface area contributed by atoms with E-state index in [2.05, 4.69) is 36.1 Å². The van der Waals surface area contributed by atoms with E-state index >= 15 is 0 Å². The number of benzene rings is 1. The van der Waals surface area contributed by atoms with Crippen molar-refractivity contribution in [1.29, 1.82) is 0 Å². The van der Waals surface area contributed by atoms with Crippen LogP contribution in [-0.4, -0.2) is 57.3 Å². The molecular formula is C13H21N3O2S. The molecule has 19 heavy (non-hydrogen) atoms. The van der Waals surface area contributed by atoms with Crippen LogP contribution in [-0.2, 0) is 10.2 Å². The minimum atomic E-state index is -3.27. The van der Waals surface area contributed by atoms with E-state index in [0.717, 1.165) is 18.8 Å². The Morgan fingerprint density at radius 1 is 1.00 bits per heavy atom. The first-order valence-corrected chi connectivity index (χ1v) is 7.80. The fourth-order valence-electron chi connectivity index (χ4n) is 2.16. The van der Waals surface area contributed by atoms with E-state index in [4.69, 9.17) is 0 Å². The lowest BCUT2D eigenvalue weighted by Crippen LogP contribution is -2.51. The van der Waals surface area contributed by atoms with Crippen molar-refractivity contribution in [3.8, 4) is 0 Å². The van der Waals surface area contributed by atoms with Crippen LogP contribution in [0.5, 0.6) is 0 Å². The average Bonchev–Trinajstić information content (AvgIpc) is 2.39. The maximum Gasteiger partial charge on any atom is 0.281 e. The zero-order chi connectivity index (χ0) is 14.0. The molecule has 1 aromatic rings. The second kappa shape index (κ2) is 5.48. The van der Waals surface area contributed by atoms with Crippen molar-refractivity contribution in [2.75, 3.05) is 45.2 Å². The summed E-state index contributed by atoms with van der Waals surface area (Å²) in [7, 11) is -0.130. The van der Waals surface area contributed by atoms with Crippen molar-refractivity contribution in [3.63, 3.8) is 0 Å². The normalized spacial score (nSPS) is 18.0. The van der Waals surface area contributed by atoms with E-state index in [1.165, 1.54) is 14.2 Å². The standard InChI is InChI=1S/C13H21N3O2S/c1-12-4-6-13(7-5-12)15-8-10-16(11-9-15)19(17,18)14(2)3/h4-7H,8-11H2,1-3H3. The SMILES string of the molecule is Cc1ccc(N2CCN(S(=O)(=O)N(C)C)CC2)cc1. The molecule has 1 fully saturated rings. The highest BCUT2D eigenvalue weighted by Gasteiger charge is 2.28. The summed E-state index contributed by atoms with van der Waals surface area (Å²) in [5, 5.41) is 0. The Hall–Kier alpha value is -1.11. The largest absolute Gasteiger partial charge is 0.369 e. The first-order chi connectivity index (χ1) is 8.91. The highest BCUT2D eigenvalue weighted by atomic mass is 32.2. The van der Waals surface area contributed by atoms with E-state index in [0.29, 0.717) is 13.1 Å². The third kappa shape index (κ3) is 3.08. The first kappa shape index (κ1) is 14.3. The van der Waals surface area contributed by atoms with Crippen molar-refractivity contribution < 1.29 is 8.42 Å². The zero-order valence-corrected chi connectivity index (χ0v) is 12.5. The van der Waals surface area contributed by atoms with Crippen LogP contribution in [0.25, 0.3) is 0 Å². The van der Waals surface area contributed by atoms with Crippen LogP contribution in [0, 0.1) is 6.92 Å². The molecule has 1 aliphatic rings. The molecule has 0 radical (unpaired) electrons. The number of piperazine rings is 1. The second-order valence-corrected chi connectivity index (χ2v) is 7.15. The van der Waals surface area contributed by atoms with Gasteiger partial charge in [-0.3, -0.25) is 0 Å². The van der Waals surface area contributed by atoms with E-state index in [9.17, 15) is 8.42 Å². The maximum atomic E-state index is 12.0. The molecule has 0 N–H and O–H groups in total. The molecule has 1 aromatic carbocycles. The summed E-state index contributed by atoms with van der Waals surface area (Å²) < 4.78 is 26.8. The molecule has 0 unspecified atom stereocenters. The molecule has 5 nitrogen and oxygen atoms in total. The number of nitrogens with zero attached hydrogens (tertiary/aromatic N) is 3. The van der Waals surface area contributed by atoms with Gasteiger partial charge in [0.1, 0.15) is 0 Å². The quantitative estimate of drug-likeness (QED) is 0.829. The van der Waals surface area contributed by atoms with Crippen molar-refractivity contribution in [2.45, 2.75) is 6.92 Å². The van der Waals surface area contributed by atoms with Crippen LogP contribution in [0.2, 0.25) is 0 Å². The Balaban J connectivity index is 2.02. The molecule has 0 saturated carbocycles. The molecule has 0 amide bonds. The Labute approximate surface area is 115 Å². The predicted octanol–water partition coefficient (Wildman–Crippen LogP) is 0.923. The van der Waals surface area contributed by atoms with Gasteiger partial charge in [-0.05, 0) is 19.1 Å². The summed E-state index contributed by atoms with van der Waals surface area (Å²) in [6.45, 7) is 4.60. The van der Waals surface area contributed by atoms with Crippen LogP contribution < -0.4 is 4.90 Å². The third-order valence-corrected chi connectivity index (χ3v) is 5.37. The van der Waals surface area contributed by atoms with E-state index < -0.39 is 10.2 Å².